The van der Waals surface area contributed by atoms with Gasteiger partial charge in [0.15, 0.2) is 0 Å². The molecule has 134 valence electrons. The first kappa shape index (κ1) is 17.5. The normalized spacial score (nSPS) is 21.8. The molecule has 1 aliphatic rings. The highest BCUT2D eigenvalue weighted by molar-refractivity contribution is 7.89. The lowest BCUT2D eigenvalue weighted by Crippen LogP contribution is -2.48. The zero-order valence-corrected chi connectivity index (χ0v) is 14.7. The van der Waals surface area contributed by atoms with E-state index in [9.17, 15) is 13.2 Å². The molecule has 1 aromatic heterocycles. The van der Waals surface area contributed by atoms with Crippen molar-refractivity contribution in [1.29, 1.82) is 0 Å². The number of aromatic amines is 1. The topological polar surface area (TPSA) is 117 Å². The molecule has 10 heteroatoms. The molecule has 0 spiro atoms. The van der Waals surface area contributed by atoms with Crippen molar-refractivity contribution in [2.75, 3.05) is 18.4 Å². The predicted octanol–water partition coefficient (Wildman–Crippen LogP) is 0.855. The predicted molar refractivity (Wildman–Crippen MR) is 89.5 cm³/mol. The van der Waals surface area contributed by atoms with E-state index >= 15 is 0 Å². The van der Waals surface area contributed by atoms with Crippen molar-refractivity contribution >= 4 is 21.9 Å². The Labute approximate surface area is 145 Å². The minimum absolute atomic E-state index is 0.0685. The van der Waals surface area contributed by atoms with Gasteiger partial charge in [0.25, 0.3) is 5.91 Å². The fraction of sp³-hybridized carbons (Fsp3) is 0.400. The number of carbonyl (C=O) groups excluding carboxylic acids is 1. The summed E-state index contributed by atoms with van der Waals surface area (Å²) in [4.78, 5) is 16.1. The Kier molecular flexibility index (Phi) is 4.84. The molecule has 0 aliphatic carbocycles. The molecule has 3 rings (SSSR count). The standard InChI is InChI=1S/C15H19N5O4S/c1-10-7-20(8-11(2)24-10)25(22,23)13-5-3-4-12(6-13)14(21)18-15-16-9-17-19-15/h3-6,9-11H,7-8H2,1-2H3,(H2,16,17,18,19,21)/t10-,11-/m0/s1. The Morgan fingerprint density at radius 3 is 2.68 bits per heavy atom. The summed E-state index contributed by atoms with van der Waals surface area (Å²) in [5.41, 5.74) is 0.215. The number of morpholine rings is 1. The number of benzene rings is 1. The average molecular weight is 365 g/mol. The number of nitrogens with one attached hydrogen (secondary N) is 2. The Hall–Kier alpha value is -2.30. The molecule has 0 saturated carbocycles. The fourth-order valence-electron chi connectivity index (χ4n) is 2.72. The molecule has 0 unspecified atom stereocenters. The molecule has 25 heavy (non-hydrogen) atoms. The number of aromatic nitrogens is 3. The maximum absolute atomic E-state index is 12.9. The number of nitrogens with zero attached hydrogens (tertiary/aromatic N) is 3. The molecule has 1 aromatic carbocycles. The van der Waals surface area contributed by atoms with Gasteiger partial charge in [-0.1, -0.05) is 6.07 Å². The minimum atomic E-state index is -3.71. The minimum Gasteiger partial charge on any atom is -0.373 e. The van der Waals surface area contributed by atoms with Crippen LogP contribution in [-0.4, -0.2) is 59.1 Å². The summed E-state index contributed by atoms with van der Waals surface area (Å²) in [6.07, 6.45) is 0.893. The zero-order valence-electron chi connectivity index (χ0n) is 13.8. The number of carbonyl (C=O) groups is 1. The Balaban J connectivity index is 1.83. The second kappa shape index (κ2) is 6.90. The van der Waals surface area contributed by atoms with E-state index < -0.39 is 15.9 Å². The maximum Gasteiger partial charge on any atom is 0.258 e. The molecular weight excluding hydrogens is 346 g/mol. The maximum atomic E-state index is 12.9. The van der Waals surface area contributed by atoms with Crippen molar-refractivity contribution in [3.63, 3.8) is 0 Å². The van der Waals surface area contributed by atoms with E-state index in [1.165, 1.54) is 34.9 Å². The first-order valence-corrected chi connectivity index (χ1v) is 9.22. The molecule has 1 amide bonds. The lowest BCUT2D eigenvalue weighted by molar-refractivity contribution is -0.0440. The van der Waals surface area contributed by atoms with E-state index in [0.717, 1.165) is 0 Å². The largest absolute Gasteiger partial charge is 0.373 e. The van der Waals surface area contributed by atoms with Gasteiger partial charge in [0.05, 0.1) is 17.1 Å². The fourth-order valence-corrected chi connectivity index (χ4v) is 4.36. The SMILES string of the molecule is C[C@H]1CN(S(=O)(=O)c2cccc(C(=O)Nc3ncn[nH]3)c2)C[C@H](C)O1. The van der Waals surface area contributed by atoms with Gasteiger partial charge in [0.2, 0.25) is 16.0 Å². The lowest BCUT2D eigenvalue weighted by Gasteiger charge is -2.34. The number of sulfonamides is 1. The van der Waals surface area contributed by atoms with Crippen molar-refractivity contribution in [2.24, 2.45) is 0 Å². The molecule has 1 aliphatic heterocycles. The summed E-state index contributed by atoms with van der Waals surface area (Å²) in [7, 11) is -3.71. The van der Waals surface area contributed by atoms with Gasteiger partial charge >= 0.3 is 0 Å². The highest BCUT2D eigenvalue weighted by Crippen LogP contribution is 2.22. The van der Waals surface area contributed by atoms with E-state index in [0.29, 0.717) is 0 Å². The van der Waals surface area contributed by atoms with Gasteiger partial charge in [-0.2, -0.15) is 14.4 Å². The quantitative estimate of drug-likeness (QED) is 0.830. The first-order chi connectivity index (χ1) is 11.9. The molecule has 0 bridgehead atoms. The van der Waals surface area contributed by atoms with Crippen molar-refractivity contribution in [1.82, 2.24) is 19.5 Å². The molecule has 9 nitrogen and oxygen atoms in total. The van der Waals surface area contributed by atoms with Crippen molar-refractivity contribution in [3.8, 4) is 0 Å². The highest BCUT2D eigenvalue weighted by Gasteiger charge is 2.32. The van der Waals surface area contributed by atoms with Gasteiger partial charge in [-0.05, 0) is 32.0 Å². The monoisotopic (exact) mass is 365 g/mol. The number of H-pyrrole nitrogens is 1. The molecule has 0 radical (unpaired) electrons. The number of rotatable bonds is 4. The van der Waals surface area contributed by atoms with Gasteiger partial charge in [0.1, 0.15) is 6.33 Å². The number of ether oxygens (including phenoxy) is 1. The average Bonchev–Trinajstić information content (AvgIpc) is 3.07. The number of hydrogen-bond donors (Lipinski definition) is 2. The lowest BCUT2D eigenvalue weighted by atomic mass is 10.2. The van der Waals surface area contributed by atoms with Crippen molar-refractivity contribution in [3.05, 3.63) is 36.2 Å². The number of hydrogen-bond acceptors (Lipinski definition) is 6. The third-order valence-electron chi connectivity index (χ3n) is 3.77. The Bertz CT molecular complexity index is 843. The Morgan fingerprint density at radius 2 is 2.04 bits per heavy atom. The van der Waals surface area contributed by atoms with Crippen LogP contribution in [0.1, 0.15) is 24.2 Å². The number of amides is 1. The van der Waals surface area contributed by atoms with Gasteiger partial charge < -0.3 is 4.74 Å². The van der Waals surface area contributed by atoms with Crippen molar-refractivity contribution < 1.29 is 17.9 Å². The summed E-state index contributed by atoms with van der Waals surface area (Å²) in [5.74, 6) is -0.286. The van der Waals surface area contributed by atoms with E-state index in [4.69, 9.17) is 4.74 Å². The van der Waals surface area contributed by atoms with Gasteiger partial charge in [-0.3, -0.25) is 10.1 Å². The summed E-state index contributed by atoms with van der Waals surface area (Å²) in [5, 5.41) is 8.66. The van der Waals surface area contributed by atoms with Gasteiger partial charge in [-0.25, -0.2) is 13.5 Å². The van der Waals surface area contributed by atoms with Crippen LogP contribution in [0.25, 0.3) is 0 Å². The third-order valence-corrected chi connectivity index (χ3v) is 5.59. The van der Waals surface area contributed by atoms with Crippen LogP contribution < -0.4 is 5.32 Å². The summed E-state index contributed by atoms with van der Waals surface area (Å²) in [6, 6.07) is 5.90. The van der Waals surface area contributed by atoms with Crippen LogP contribution in [0.4, 0.5) is 5.95 Å². The van der Waals surface area contributed by atoms with E-state index in [1.54, 1.807) is 0 Å². The summed E-state index contributed by atoms with van der Waals surface area (Å²) >= 11 is 0. The van der Waals surface area contributed by atoms with Crippen LogP contribution in [0.2, 0.25) is 0 Å². The molecular formula is C15H19N5O4S. The van der Waals surface area contributed by atoms with Crippen LogP contribution in [-0.2, 0) is 14.8 Å². The van der Waals surface area contributed by atoms with E-state index in [-0.39, 0.29) is 41.7 Å². The van der Waals surface area contributed by atoms with Crippen LogP contribution in [0.5, 0.6) is 0 Å². The third kappa shape index (κ3) is 3.86. The van der Waals surface area contributed by atoms with Crippen molar-refractivity contribution in [2.45, 2.75) is 31.0 Å². The zero-order chi connectivity index (χ0) is 18.0. The molecule has 1 fully saturated rings. The Morgan fingerprint density at radius 1 is 1.32 bits per heavy atom. The smallest absolute Gasteiger partial charge is 0.258 e. The van der Waals surface area contributed by atoms with E-state index in [2.05, 4.69) is 20.5 Å². The number of anilines is 1. The van der Waals surface area contributed by atoms with Crippen LogP contribution in [0, 0.1) is 0 Å². The molecule has 2 atom stereocenters. The summed E-state index contributed by atoms with van der Waals surface area (Å²) < 4.78 is 32.7. The second-order valence-corrected chi connectivity index (χ2v) is 7.83. The molecule has 1 saturated heterocycles. The van der Waals surface area contributed by atoms with E-state index in [1.807, 2.05) is 13.8 Å². The molecule has 2 heterocycles. The van der Waals surface area contributed by atoms with Crippen LogP contribution >= 0.6 is 0 Å². The van der Waals surface area contributed by atoms with Gasteiger partial charge in [-0.15, -0.1) is 0 Å². The summed E-state index contributed by atoms with van der Waals surface area (Å²) in [6.45, 7) is 4.22. The molecule has 2 N–H and O–H groups in total. The molecule has 2 aromatic rings. The highest BCUT2D eigenvalue weighted by atomic mass is 32.2. The second-order valence-electron chi connectivity index (χ2n) is 5.90. The van der Waals surface area contributed by atoms with Crippen LogP contribution in [0.15, 0.2) is 35.5 Å². The van der Waals surface area contributed by atoms with Crippen LogP contribution in [0.3, 0.4) is 0 Å². The first-order valence-electron chi connectivity index (χ1n) is 7.78. The van der Waals surface area contributed by atoms with Gasteiger partial charge in [0, 0.05) is 18.7 Å².